The second-order valence-electron chi connectivity index (χ2n) is 6.33. The van der Waals surface area contributed by atoms with E-state index in [-0.39, 0.29) is 18.4 Å². The summed E-state index contributed by atoms with van der Waals surface area (Å²) in [6.07, 6.45) is 5.90. The molecule has 22 heavy (non-hydrogen) atoms. The number of amides is 1. The summed E-state index contributed by atoms with van der Waals surface area (Å²) in [4.78, 5) is 23.5. The van der Waals surface area contributed by atoms with Gasteiger partial charge in [0.1, 0.15) is 0 Å². The van der Waals surface area contributed by atoms with Crippen LogP contribution in [0.5, 0.6) is 0 Å². The third kappa shape index (κ3) is 5.17. The van der Waals surface area contributed by atoms with Gasteiger partial charge in [-0.1, -0.05) is 49.1 Å². The number of benzene rings is 1. The molecule has 1 aliphatic rings. The number of rotatable bonds is 6. The minimum Gasteiger partial charge on any atom is -0.481 e. The van der Waals surface area contributed by atoms with Crippen LogP contribution in [-0.2, 0) is 16.0 Å². The first-order chi connectivity index (χ1) is 10.5. The smallest absolute Gasteiger partial charge is 0.304 e. The van der Waals surface area contributed by atoms with Crippen LogP contribution in [0.25, 0.3) is 0 Å². The molecule has 2 rings (SSSR count). The van der Waals surface area contributed by atoms with Crippen LogP contribution in [0, 0.1) is 12.8 Å². The van der Waals surface area contributed by atoms with Crippen molar-refractivity contribution in [3.63, 3.8) is 0 Å². The highest BCUT2D eigenvalue weighted by molar-refractivity contribution is 5.83. The number of carbonyl (C=O) groups is 2. The first kappa shape index (κ1) is 16.5. The normalized spacial score (nSPS) is 17.0. The average molecular weight is 303 g/mol. The van der Waals surface area contributed by atoms with Crippen LogP contribution < -0.4 is 5.32 Å². The van der Waals surface area contributed by atoms with Crippen molar-refractivity contribution < 1.29 is 14.7 Å². The Kier molecular flexibility index (Phi) is 5.99. The van der Waals surface area contributed by atoms with Gasteiger partial charge in [-0.15, -0.1) is 0 Å². The van der Waals surface area contributed by atoms with Crippen molar-refractivity contribution in [1.82, 2.24) is 5.32 Å². The molecule has 0 radical (unpaired) electrons. The molecule has 0 spiro atoms. The maximum atomic E-state index is 12.4. The van der Waals surface area contributed by atoms with E-state index < -0.39 is 11.9 Å². The standard InChI is InChI=1S/C18H25NO3/c1-13-7-9-14(10-8-13)11-15(12-17(20)21)18(22)19-16-5-3-2-4-6-16/h7-10,15-16H,2-6,11-12H2,1H3,(H,19,22)(H,20,21)/t15-/m0/s1. The largest absolute Gasteiger partial charge is 0.481 e. The molecule has 0 aliphatic heterocycles. The van der Waals surface area contributed by atoms with Crippen molar-refractivity contribution in [1.29, 1.82) is 0 Å². The molecule has 2 N–H and O–H groups in total. The van der Waals surface area contributed by atoms with Crippen molar-refractivity contribution >= 4 is 11.9 Å². The lowest BCUT2D eigenvalue weighted by Gasteiger charge is -2.25. The van der Waals surface area contributed by atoms with Crippen LogP contribution >= 0.6 is 0 Å². The van der Waals surface area contributed by atoms with Crippen molar-refractivity contribution in [3.8, 4) is 0 Å². The van der Waals surface area contributed by atoms with Crippen LogP contribution in [0.3, 0.4) is 0 Å². The highest BCUT2D eigenvalue weighted by Gasteiger charge is 2.25. The topological polar surface area (TPSA) is 66.4 Å². The minimum atomic E-state index is -0.920. The number of aliphatic carboxylic acids is 1. The molecule has 1 aliphatic carbocycles. The summed E-state index contributed by atoms with van der Waals surface area (Å²) in [5.74, 6) is -1.53. The molecule has 0 unspecified atom stereocenters. The number of carboxylic acid groups (broad SMARTS) is 1. The Hall–Kier alpha value is -1.84. The summed E-state index contributed by atoms with van der Waals surface area (Å²) >= 11 is 0. The molecule has 4 nitrogen and oxygen atoms in total. The zero-order chi connectivity index (χ0) is 15.9. The Bertz CT molecular complexity index is 504. The lowest BCUT2D eigenvalue weighted by atomic mass is 9.92. The van der Waals surface area contributed by atoms with Gasteiger partial charge < -0.3 is 10.4 Å². The fourth-order valence-corrected chi connectivity index (χ4v) is 3.04. The van der Waals surface area contributed by atoms with Crippen molar-refractivity contribution in [2.45, 2.75) is 57.9 Å². The molecule has 120 valence electrons. The van der Waals surface area contributed by atoms with E-state index in [2.05, 4.69) is 5.32 Å². The number of hydrogen-bond donors (Lipinski definition) is 2. The van der Waals surface area contributed by atoms with E-state index >= 15 is 0 Å². The fraction of sp³-hybridized carbons (Fsp3) is 0.556. The maximum Gasteiger partial charge on any atom is 0.304 e. The van der Waals surface area contributed by atoms with Gasteiger partial charge >= 0.3 is 5.97 Å². The third-order valence-corrected chi connectivity index (χ3v) is 4.35. The van der Waals surface area contributed by atoms with Gasteiger partial charge in [0.15, 0.2) is 0 Å². The highest BCUT2D eigenvalue weighted by atomic mass is 16.4. The van der Waals surface area contributed by atoms with Gasteiger partial charge in [-0.25, -0.2) is 0 Å². The van der Waals surface area contributed by atoms with Crippen LogP contribution in [0.15, 0.2) is 24.3 Å². The zero-order valence-electron chi connectivity index (χ0n) is 13.2. The predicted molar refractivity (Wildman–Crippen MR) is 85.6 cm³/mol. The number of carboxylic acids is 1. The summed E-state index contributed by atoms with van der Waals surface area (Å²) in [5, 5.41) is 12.1. The molecule has 1 aromatic rings. The zero-order valence-corrected chi connectivity index (χ0v) is 13.2. The number of hydrogen-bond acceptors (Lipinski definition) is 2. The van der Waals surface area contributed by atoms with E-state index in [1.54, 1.807) is 0 Å². The quantitative estimate of drug-likeness (QED) is 0.848. The van der Waals surface area contributed by atoms with Crippen LogP contribution in [-0.4, -0.2) is 23.0 Å². The predicted octanol–water partition coefficient (Wildman–Crippen LogP) is 3.08. The number of aryl methyl sites for hydroxylation is 1. The highest BCUT2D eigenvalue weighted by Crippen LogP contribution is 2.19. The van der Waals surface area contributed by atoms with Crippen LogP contribution in [0.4, 0.5) is 0 Å². The van der Waals surface area contributed by atoms with Crippen molar-refractivity contribution in [3.05, 3.63) is 35.4 Å². The summed E-state index contributed by atoms with van der Waals surface area (Å²) in [7, 11) is 0. The summed E-state index contributed by atoms with van der Waals surface area (Å²) in [5.41, 5.74) is 2.17. The lowest BCUT2D eigenvalue weighted by Crippen LogP contribution is -2.41. The molecule has 1 saturated carbocycles. The van der Waals surface area contributed by atoms with Gasteiger partial charge in [0.25, 0.3) is 0 Å². The van der Waals surface area contributed by atoms with E-state index in [0.29, 0.717) is 6.42 Å². The number of carbonyl (C=O) groups excluding carboxylic acids is 1. The average Bonchev–Trinajstić information content (AvgIpc) is 2.49. The molecule has 0 bridgehead atoms. The van der Waals surface area contributed by atoms with E-state index in [4.69, 9.17) is 5.11 Å². The van der Waals surface area contributed by atoms with E-state index in [9.17, 15) is 9.59 Å². The van der Waals surface area contributed by atoms with Gasteiger partial charge in [-0.05, 0) is 31.7 Å². The second kappa shape index (κ2) is 7.97. The van der Waals surface area contributed by atoms with Gasteiger partial charge in [0, 0.05) is 6.04 Å². The SMILES string of the molecule is Cc1ccc(C[C@@H](CC(=O)O)C(=O)NC2CCCCC2)cc1. The molecular weight excluding hydrogens is 278 g/mol. The van der Waals surface area contributed by atoms with Gasteiger partial charge in [0.05, 0.1) is 12.3 Å². The molecule has 1 fully saturated rings. The van der Waals surface area contributed by atoms with Crippen molar-refractivity contribution in [2.24, 2.45) is 5.92 Å². The van der Waals surface area contributed by atoms with Gasteiger partial charge in [-0.2, -0.15) is 0 Å². The molecule has 1 aromatic carbocycles. The Morgan fingerprint density at radius 3 is 2.41 bits per heavy atom. The lowest BCUT2D eigenvalue weighted by molar-refractivity contribution is -0.141. The van der Waals surface area contributed by atoms with E-state index in [0.717, 1.165) is 36.8 Å². The van der Waals surface area contributed by atoms with E-state index in [1.165, 1.54) is 6.42 Å². The van der Waals surface area contributed by atoms with Crippen molar-refractivity contribution in [2.75, 3.05) is 0 Å². The molecule has 1 atom stereocenters. The molecule has 0 saturated heterocycles. The third-order valence-electron chi connectivity index (χ3n) is 4.35. The minimum absolute atomic E-state index is 0.116. The molecule has 1 amide bonds. The summed E-state index contributed by atoms with van der Waals surface area (Å²) < 4.78 is 0. The monoisotopic (exact) mass is 303 g/mol. The molecule has 0 aromatic heterocycles. The maximum absolute atomic E-state index is 12.4. The summed E-state index contributed by atoms with van der Waals surface area (Å²) in [6, 6.07) is 8.14. The first-order valence-electron chi connectivity index (χ1n) is 8.12. The van der Waals surface area contributed by atoms with E-state index in [1.807, 2.05) is 31.2 Å². The summed E-state index contributed by atoms with van der Waals surface area (Å²) in [6.45, 7) is 2.01. The first-order valence-corrected chi connectivity index (χ1v) is 8.12. The Balaban J connectivity index is 1.99. The fourth-order valence-electron chi connectivity index (χ4n) is 3.04. The van der Waals surface area contributed by atoms with Gasteiger partial charge in [0.2, 0.25) is 5.91 Å². The molecular formula is C18H25NO3. The Morgan fingerprint density at radius 1 is 1.18 bits per heavy atom. The Morgan fingerprint density at radius 2 is 1.82 bits per heavy atom. The Labute approximate surface area is 131 Å². The van der Waals surface area contributed by atoms with Crippen LogP contribution in [0.1, 0.15) is 49.7 Å². The second-order valence-corrected chi connectivity index (χ2v) is 6.33. The van der Waals surface area contributed by atoms with Crippen LogP contribution in [0.2, 0.25) is 0 Å². The number of nitrogens with one attached hydrogen (secondary N) is 1. The molecule has 4 heteroatoms. The van der Waals surface area contributed by atoms with Gasteiger partial charge in [-0.3, -0.25) is 9.59 Å². The molecule has 0 heterocycles.